The third kappa shape index (κ3) is 5.19. The normalized spacial score (nSPS) is 15.6. The number of nitrogens with one attached hydrogen (secondary N) is 2. The van der Waals surface area contributed by atoms with Crippen molar-refractivity contribution in [2.24, 2.45) is 7.05 Å². The van der Waals surface area contributed by atoms with E-state index in [4.69, 9.17) is 0 Å². The lowest BCUT2D eigenvalue weighted by Crippen LogP contribution is -2.26. The summed E-state index contributed by atoms with van der Waals surface area (Å²) < 4.78 is 1.93. The van der Waals surface area contributed by atoms with Gasteiger partial charge in [0.2, 0.25) is 5.91 Å². The Morgan fingerprint density at radius 2 is 1.85 bits per heavy atom. The summed E-state index contributed by atoms with van der Waals surface area (Å²) in [5.41, 5.74) is 5.27. The second kappa shape index (κ2) is 10.7. The van der Waals surface area contributed by atoms with Crippen LogP contribution in [-0.2, 0) is 23.1 Å². The number of nitro groups is 1. The molecule has 10 nitrogen and oxygen atoms in total. The Morgan fingerprint density at radius 1 is 1.07 bits per heavy atom. The lowest BCUT2D eigenvalue weighted by atomic mass is 9.98. The average molecular weight is 549 g/mol. The standard InChI is InChI=1S/C31H28N6O4/c1-35-18-15-32-30(35)22-8-10-23(11-9-22)33-29(28-25-19-24(37(40)41)12-13-26(25)34-31(28)39)21-6-4-20(5-7-21)14-17-36-16-2-3-27(36)38/h4-13,15,18-19,33H,2-3,14,16-17H2,1H3,(H,34,39). The smallest absolute Gasteiger partial charge is 0.270 e. The van der Waals surface area contributed by atoms with E-state index in [0.29, 0.717) is 35.5 Å². The molecule has 6 rings (SSSR count). The Hall–Kier alpha value is -5.25. The average Bonchev–Trinajstić information content (AvgIpc) is 3.68. The SMILES string of the molecule is Cn1ccnc1-c1ccc(NC(=C2C(=O)Nc3ccc([N+](=O)[O-])cc32)c2ccc(CCN3CCCC3=O)cc2)cc1. The van der Waals surface area contributed by atoms with Crippen molar-refractivity contribution in [2.75, 3.05) is 23.7 Å². The summed E-state index contributed by atoms with van der Waals surface area (Å²) in [4.78, 5) is 42.6. The number of anilines is 2. The van der Waals surface area contributed by atoms with E-state index >= 15 is 0 Å². The number of nitro benzene ring substituents is 1. The molecule has 1 fully saturated rings. The lowest BCUT2D eigenvalue weighted by molar-refractivity contribution is -0.384. The van der Waals surface area contributed by atoms with Gasteiger partial charge in [-0.15, -0.1) is 0 Å². The van der Waals surface area contributed by atoms with Gasteiger partial charge in [-0.05, 0) is 54.3 Å². The van der Waals surface area contributed by atoms with Crippen molar-refractivity contribution in [1.29, 1.82) is 0 Å². The molecule has 3 aromatic carbocycles. The molecule has 0 aliphatic carbocycles. The maximum atomic E-state index is 13.3. The Bertz CT molecular complexity index is 1690. The molecule has 2 aliphatic heterocycles. The van der Waals surface area contributed by atoms with E-state index in [0.717, 1.165) is 47.6 Å². The van der Waals surface area contributed by atoms with Crippen LogP contribution in [0, 0.1) is 10.1 Å². The molecule has 0 radical (unpaired) electrons. The van der Waals surface area contributed by atoms with Crippen LogP contribution in [0.4, 0.5) is 17.1 Å². The Balaban J connectivity index is 1.36. The van der Waals surface area contributed by atoms with Gasteiger partial charge in [-0.1, -0.05) is 24.3 Å². The largest absolute Gasteiger partial charge is 0.354 e. The molecular weight excluding hydrogens is 520 g/mol. The van der Waals surface area contributed by atoms with Gasteiger partial charge in [0, 0.05) is 73.6 Å². The van der Waals surface area contributed by atoms with Gasteiger partial charge in [-0.3, -0.25) is 19.7 Å². The molecule has 41 heavy (non-hydrogen) atoms. The van der Waals surface area contributed by atoms with Gasteiger partial charge in [0.05, 0.1) is 16.2 Å². The molecule has 206 valence electrons. The first-order valence-corrected chi connectivity index (χ1v) is 13.4. The van der Waals surface area contributed by atoms with Gasteiger partial charge in [-0.2, -0.15) is 0 Å². The number of carbonyl (C=O) groups is 2. The van der Waals surface area contributed by atoms with Crippen LogP contribution in [-0.4, -0.2) is 44.3 Å². The van der Waals surface area contributed by atoms with E-state index in [2.05, 4.69) is 15.6 Å². The number of rotatable bonds is 8. The van der Waals surface area contributed by atoms with E-state index in [-0.39, 0.29) is 17.5 Å². The Kier molecular flexibility index (Phi) is 6.80. The van der Waals surface area contributed by atoms with Crippen LogP contribution in [0.25, 0.3) is 22.7 Å². The summed E-state index contributed by atoms with van der Waals surface area (Å²) in [7, 11) is 1.93. The summed E-state index contributed by atoms with van der Waals surface area (Å²) in [5, 5.41) is 17.8. The number of hydrogen-bond acceptors (Lipinski definition) is 6. The third-order valence-corrected chi connectivity index (χ3v) is 7.53. The number of carbonyl (C=O) groups excluding carboxylic acids is 2. The van der Waals surface area contributed by atoms with Crippen molar-refractivity contribution in [1.82, 2.24) is 14.5 Å². The zero-order valence-electron chi connectivity index (χ0n) is 22.5. The van der Waals surface area contributed by atoms with Crippen molar-refractivity contribution in [3.63, 3.8) is 0 Å². The maximum Gasteiger partial charge on any atom is 0.270 e. The van der Waals surface area contributed by atoms with Crippen LogP contribution >= 0.6 is 0 Å². The molecule has 0 atom stereocenters. The van der Waals surface area contributed by atoms with E-state index in [1.54, 1.807) is 12.3 Å². The number of aryl methyl sites for hydroxylation is 1. The first-order valence-electron chi connectivity index (χ1n) is 13.4. The predicted molar refractivity (Wildman–Crippen MR) is 157 cm³/mol. The molecule has 0 spiro atoms. The van der Waals surface area contributed by atoms with E-state index in [1.165, 1.54) is 12.1 Å². The second-order valence-electron chi connectivity index (χ2n) is 10.2. The van der Waals surface area contributed by atoms with Crippen LogP contribution in [0.1, 0.15) is 29.5 Å². The van der Waals surface area contributed by atoms with E-state index in [9.17, 15) is 19.7 Å². The fraction of sp³-hybridized carbons (Fsp3) is 0.194. The number of benzene rings is 3. The summed E-state index contributed by atoms with van der Waals surface area (Å²) in [6.45, 7) is 1.48. The minimum absolute atomic E-state index is 0.0941. The number of nitrogens with zero attached hydrogens (tertiary/aromatic N) is 4. The number of fused-ring (bicyclic) bond motifs is 1. The molecule has 10 heteroatoms. The summed E-state index contributed by atoms with van der Waals surface area (Å²) in [6.07, 6.45) is 5.88. The van der Waals surface area contributed by atoms with Crippen molar-refractivity contribution < 1.29 is 14.5 Å². The van der Waals surface area contributed by atoms with Gasteiger partial charge in [-0.25, -0.2) is 4.98 Å². The Labute approximate surface area is 236 Å². The minimum Gasteiger partial charge on any atom is -0.354 e. The molecule has 1 aromatic heterocycles. The highest BCUT2D eigenvalue weighted by molar-refractivity contribution is 6.37. The molecule has 2 aliphatic rings. The van der Waals surface area contributed by atoms with Crippen LogP contribution in [0.5, 0.6) is 0 Å². The number of non-ortho nitro benzene ring substituents is 1. The highest BCUT2D eigenvalue weighted by Gasteiger charge is 2.30. The van der Waals surface area contributed by atoms with Gasteiger partial charge < -0.3 is 20.1 Å². The fourth-order valence-electron chi connectivity index (χ4n) is 5.33. The fourth-order valence-corrected chi connectivity index (χ4v) is 5.33. The molecule has 2 amide bonds. The molecule has 4 aromatic rings. The van der Waals surface area contributed by atoms with Crippen LogP contribution in [0.15, 0.2) is 79.1 Å². The first-order chi connectivity index (χ1) is 19.9. The monoisotopic (exact) mass is 548 g/mol. The predicted octanol–water partition coefficient (Wildman–Crippen LogP) is 5.09. The number of amides is 2. The quantitative estimate of drug-likeness (QED) is 0.180. The van der Waals surface area contributed by atoms with Crippen molar-refractivity contribution in [2.45, 2.75) is 19.3 Å². The summed E-state index contributed by atoms with van der Waals surface area (Å²) in [6, 6.07) is 19.9. The number of imidazole rings is 1. The zero-order valence-corrected chi connectivity index (χ0v) is 22.5. The molecule has 2 N–H and O–H groups in total. The maximum absolute atomic E-state index is 13.3. The van der Waals surface area contributed by atoms with Crippen molar-refractivity contribution in [3.8, 4) is 11.4 Å². The minimum atomic E-state index is -0.468. The molecule has 1 saturated heterocycles. The van der Waals surface area contributed by atoms with Crippen LogP contribution in [0.2, 0.25) is 0 Å². The van der Waals surface area contributed by atoms with Gasteiger partial charge >= 0.3 is 0 Å². The zero-order chi connectivity index (χ0) is 28.5. The van der Waals surface area contributed by atoms with Gasteiger partial charge in [0.1, 0.15) is 5.82 Å². The van der Waals surface area contributed by atoms with Crippen LogP contribution < -0.4 is 10.6 Å². The summed E-state index contributed by atoms with van der Waals surface area (Å²) in [5.74, 6) is 0.689. The first kappa shape index (κ1) is 26.0. The molecule has 0 saturated carbocycles. The molecule has 0 bridgehead atoms. The number of hydrogen-bond donors (Lipinski definition) is 2. The van der Waals surface area contributed by atoms with E-state index < -0.39 is 4.92 Å². The van der Waals surface area contributed by atoms with Crippen LogP contribution in [0.3, 0.4) is 0 Å². The number of aromatic nitrogens is 2. The second-order valence-corrected chi connectivity index (χ2v) is 10.2. The molecular formula is C31H28N6O4. The van der Waals surface area contributed by atoms with Gasteiger partial charge in [0.25, 0.3) is 11.6 Å². The van der Waals surface area contributed by atoms with Crippen molar-refractivity contribution in [3.05, 3.63) is 106 Å². The van der Waals surface area contributed by atoms with E-state index in [1.807, 2.05) is 71.2 Å². The Morgan fingerprint density at radius 3 is 2.51 bits per heavy atom. The van der Waals surface area contributed by atoms with Crippen molar-refractivity contribution >= 4 is 40.1 Å². The summed E-state index contributed by atoms with van der Waals surface area (Å²) >= 11 is 0. The molecule has 3 heterocycles. The third-order valence-electron chi connectivity index (χ3n) is 7.53. The number of likely N-dealkylation sites (tertiary alicyclic amines) is 1. The molecule has 0 unspecified atom stereocenters. The topological polar surface area (TPSA) is 122 Å². The van der Waals surface area contributed by atoms with Gasteiger partial charge in [0.15, 0.2) is 0 Å². The lowest BCUT2D eigenvalue weighted by Gasteiger charge is -2.17. The highest BCUT2D eigenvalue weighted by atomic mass is 16.6. The highest BCUT2D eigenvalue weighted by Crippen LogP contribution is 2.39.